The lowest BCUT2D eigenvalue weighted by atomic mass is 10.0. The molecule has 4 rings (SSSR count). The molecule has 33 heavy (non-hydrogen) atoms. The number of aromatic nitrogens is 1. The Balaban J connectivity index is 1.38. The van der Waals surface area contributed by atoms with Crippen molar-refractivity contribution in [3.05, 3.63) is 45.8 Å². The molecular formula is C25H33ClN4O3. The van der Waals surface area contributed by atoms with E-state index in [0.29, 0.717) is 22.4 Å². The summed E-state index contributed by atoms with van der Waals surface area (Å²) in [4.78, 5) is 29.9. The minimum atomic E-state index is -0.171. The van der Waals surface area contributed by atoms with Gasteiger partial charge in [-0.25, -0.2) is 0 Å². The van der Waals surface area contributed by atoms with Gasteiger partial charge in [-0.15, -0.1) is 0 Å². The number of aryl methyl sites for hydroxylation is 1. The molecule has 2 amide bonds. The minimum absolute atomic E-state index is 0.122. The second-order valence-electron chi connectivity index (χ2n) is 9.49. The number of nitrogens with one attached hydrogen (secondary N) is 1. The van der Waals surface area contributed by atoms with Crippen molar-refractivity contribution >= 4 is 29.1 Å². The van der Waals surface area contributed by atoms with Crippen LogP contribution in [0, 0.1) is 19.8 Å². The van der Waals surface area contributed by atoms with Crippen molar-refractivity contribution in [3.8, 4) is 0 Å². The van der Waals surface area contributed by atoms with Crippen molar-refractivity contribution in [3.63, 3.8) is 0 Å². The first-order valence-electron chi connectivity index (χ1n) is 11.8. The first kappa shape index (κ1) is 23.8. The van der Waals surface area contributed by atoms with Gasteiger partial charge in [0.25, 0.3) is 0 Å². The first-order valence-corrected chi connectivity index (χ1v) is 12.2. The molecule has 1 N–H and O–H groups in total. The van der Waals surface area contributed by atoms with Gasteiger partial charge in [0, 0.05) is 54.9 Å². The fourth-order valence-corrected chi connectivity index (χ4v) is 5.27. The number of hydrogen-bond acceptors (Lipinski definition) is 5. The van der Waals surface area contributed by atoms with Crippen LogP contribution in [-0.4, -0.2) is 52.4 Å². The molecule has 0 radical (unpaired) electrons. The Bertz CT molecular complexity index is 1020. The highest BCUT2D eigenvalue weighted by molar-refractivity contribution is 6.31. The van der Waals surface area contributed by atoms with E-state index in [2.05, 4.69) is 27.2 Å². The zero-order chi connectivity index (χ0) is 23.5. The lowest BCUT2D eigenvalue weighted by Gasteiger charge is -2.41. The topological polar surface area (TPSA) is 78.7 Å². The van der Waals surface area contributed by atoms with Gasteiger partial charge in [0.1, 0.15) is 5.76 Å². The van der Waals surface area contributed by atoms with Crippen molar-refractivity contribution in [1.29, 1.82) is 0 Å². The summed E-state index contributed by atoms with van der Waals surface area (Å²) in [7, 11) is 0. The van der Waals surface area contributed by atoms with Crippen molar-refractivity contribution in [2.24, 2.45) is 5.92 Å². The van der Waals surface area contributed by atoms with Gasteiger partial charge in [-0.2, -0.15) is 0 Å². The third kappa shape index (κ3) is 5.76. The van der Waals surface area contributed by atoms with Crippen LogP contribution in [0.4, 0.5) is 5.69 Å². The van der Waals surface area contributed by atoms with Crippen LogP contribution in [0.2, 0.25) is 5.02 Å². The monoisotopic (exact) mass is 472 g/mol. The van der Waals surface area contributed by atoms with Crippen LogP contribution in [0.3, 0.4) is 0 Å². The van der Waals surface area contributed by atoms with Crippen molar-refractivity contribution in [2.45, 2.75) is 65.5 Å². The molecule has 1 atom stereocenters. The van der Waals surface area contributed by atoms with Crippen LogP contribution in [0.25, 0.3) is 0 Å². The number of benzene rings is 1. The average Bonchev–Trinajstić information content (AvgIpc) is 3.43. The molecule has 2 fully saturated rings. The first-order chi connectivity index (χ1) is 15.8. The molecule has 7 nitrogen and oxygen atoms in total. The van der Waals surface area contributed by atoms with E-state index in [1.54, 1.807) is 12.1 Å². The fraction of sp³-hybridized carbons (Fsp3) is 0.560. The summed E-state index contributed by atoms with van der Waals surface area (Å²) in [6, 6.07) is 5.70. The minimum Gasteiger partial charge on any atom is -0.361 e. The second-order valence-corrected chi connectivity index (χ2v) is 9.93. The summed E-state index contributed by atoms with van der Waals surface area (Å²) >= 11 is 6.40. The van der Waals surface area contributed by atoms with E-state index >= 15 is 0 Å². The molecule has 0 bridgehead atoms. The zero-order valence-corrected chi connectivity index (χ0v) is 20.5. The Morgan fingerprint density at radius 1 is 1.18 bits per heavy atom. The number of hydrogen-bond donors (Lipinski definition) is 1. The average molecular weight is 473 g/mol. The number of carbonyl (C=O) groups excluding carboxylic acids is 2. The van der Waals surface area contributed by atoms with Crippen LogP contribution in [0.15, 0.2) is 22.7 Å². The molecule has 2 aliphatic rings. The van der Waals surface area contributed by atoms with Gasteiger partial charge < -0.3 is 14.7 Å². The van der Waals surface area contributed by atoms with Gasteiger partial charge >= 0.3 is 0 Å². The van der Waals surface area contributed by atoms with Gasteiger partial charge in [0.05, 0.1) is 12.1 Å². The maximum atomic E-state index is 12.9. The highest BCUT2D eigenvalue weighted by atomic mass is 35.5. The molecule has 0 spiro atoms. The van der Waals surface area contributed by atoms with E-state index in [-0.39, 0.29) is 24.3 Å². The van der Waals surface area contributed by atoms with Crippen molar-refractivity contribution < 1.29 is 14.1 Å². The summed E-state index contributed by atoms with van der Waals surface area (Å²) in [5.41, 5.74) is 3.54. The highest BCUT2D eigenvalue weighted by Crippen LogP contribution is 2.29. The Labute approximate surface area is 200 Å². The fourth-order valence-electron chi connectivity index (χ4n) is 5.03. The molecule has 8 heteroatoms. The lowest BCUT2D eigenvalue weighted by Crippen LogP contribution is -2.54. The number of halogens is 1. The highest BCUT2D eigenvalue weighted by Gasteiger charge is 2.33. The van der Waals surface area contributed by atoms with Crippen LogP contribution in [0.5, 0.6) is 0 Å². The van der Waals surface area contributed by atoms with Crippen molar-refractivity contribution in [1.82, 2.24) is 15.0 Å². The summed E-state index contributed by atoms with van der Waals surface area (Å²) in [6.07, 6.45) is 4.55. The largest absolute Gasteiger partial charge is 0.361 e. The molecule has 1 aliphatic heterocycles. The standard InChI is InChI=1S/C25H33ClN4O3/c1-16-10-22(33-28-16)13-24(31)27-23-12-21(26)11-20(18(23)3)15-29-8-9-30(17(2)14-29)25(32)19-6-4-5-7-19/h10-12,17,19H,4-9,13-15H2,1-3H3,(H,27,31). The van der Waals surface area contributed by atoms with Gasteiger partial charge in [0.15, 0.2) is 0 Å². The van der Waals surface area contributed by atoms with Gasteiger partial charge in [0.2, 0.25) is 11.8 Å². The van der Waals surface area contributed by atoms with Gasteiger partial charge in [-0.3, -0.25) is 14.5 Å². The summed E-state index contributed by atoms with van der Waals surface area (Å²) < 4.78 is 5.15. The SMILES string of the molecule is Cc1cc(CC(=O)Nc2cc(Cl)cc(CN3CCN(C(=O)C4CCCC4)C(C)C3)c2C)on1. The van der Waals surface area contributed by atoms with Crippen LogP contribution >= 0.6 is 11.6 Å². The Kier molecular flexibility index (Phi) is 7.39. The molecule has 2 heterocycles. The van der Waals surface area contributed by atoms with E-state index in [4.69, 9.17) is 16.1 Å². The lowest BCUT2D eigenvalue weighted by molar-refractivity contribution is -0.140. The number of piperazine rings is 1. The van der Waals surface area contributed by atoms with Crippen LogP contribution in [-0.2, 0) is 22.6 Å². The van der Waals surface area contributed by atoms with Crippen LogP contribution in [0.1, 0.15) is 55.2 Å². The van der Waals surface area contributed by atoms with E-state index in [1.807, 2.05) is 19.9 Å². The van der Waals surface area contributed by atoms with Gasteiger partial charge in [-0.1, -0.05) is 29.6 Å². The molecule has 2 aromatic rings. The number of amides is 2. The summed E-state index contributed by atoms with van der Waals surface area (Å²) in [6.45, 7) is 9.12. The molecule has 1 saturated carbocycles. The molecule has 178 valence electrons. The second kappa shape index (κ2) is 10.3. The van der Waals surface area contributed by atoms with E-state index < -0.39 is 0 Å². The summed E-state index contributed by atoms with van der Waals surface area (Å²) in [5.74, 6) is 0.922. The van der Waals surface area contributed by atoms with Gasteiger partial charge in [-0.05, 0) is 56.9 Å². The van der Waals surface area contributed by atoms with E-state index in [9.17, 15) is 9.59 Å². The molecule has 1 unspecified atom stereocenters. The smallest absolute Gasteiger partial charge is 0.232 e. The Morgan fingerprint density at radius 2 is 1.94 bits per heavy atom. The zero-order valence-electron chi connectivity index (χ0n) is 19.7. The third-order valence-electron chi connectivity index (χ3n) is 6.86. The van der Waals surface area contributed by atoms with Crippen LogP contribution < -0.4 is 5.32 Å². The predicted molar refractivity (Wildman–Crippen MR) is 128 cm³/mol. The van der Waals surface area contributed by atoms with E-state index in [0.717, 1.165) is 55.8 Å². The van der Waals surface area contributed by atoms with E-state index in [1.165, 1.54) is 12.8 Å². The quantitative estimate of drug-likeness (QED) is 0.676. The molecular weight excluding hydrogens is 440 g/mol. The Morgan fingerprint density at radius 3 is 2.61 bits per heavy atom. The predicted octanol–water partition coefficient (Wildman–Crippen LogP) is 4.35. The normalized spacial score (nSPS) is 19.8. The molecule has 1 saturated heterocycles. The maximum Gasteiger partial charge on any atom is 0.232 e. The summed E-state index contributed by atoms with van der Waals surface area (Å²) in [5, 5.41) is 7.38. The number of rotatable bonds is 6. The molecule has 1 aromatic carbocycles. The number of carbonyl (C=O) groups is 2. The van der Waals surface area contributed by atoms with Crippen molar-refractivity contribution in [2.75, 3.05) is 25.0 Å². The number of nitrogens with zero attached hydrogens (tertiary/aromatic N) is 3. The number of anilines is 1. The maximum absolute atomic E-state index is 12.9. The Hall–Kier alpha value is -2.38. The molecule has 1 aliphatic carbocycles. The molecule has 1 aromatic heterocycles. The third-order valence-corrected chi connectivity index (χ3v) is 7.08.